The summed E-state index contributed by atoms with van der Waals surface area (Å²) in [7, 11) is 0. The van der Waals surface area contributed by atoms with Gasteiger partial charge in [0.15, 0.2) is 0 Å². The summed E-state index contributed by atoms with van der Waals surface area (Å²) >= 11 is 0. The van der Waals surface area contributed by atoms with Crippen molar-refractivity contribution in [1.29, 1.82) is 0 Å². The van der Waals surface area contributed by atoms with E-state index in [1.807, 2.05) is 0 Å². The molecule has 0 aromatic carbocycles. The number of carbonyl (C=O) groups is 1. The summed E-state index contributed by atoms with van der Waals surface area (Å²) in [6, 6.07) is 0. The van der Waals surface area contributed by atoms with E-state index < -0.39 is 0 Å². The molecule has 1 unspecified atom stereocenters. The summed E-state index contributed by atoms with van der Waals surface area (Å²) < 4.78 is 0. The molecule has 1 saturated heterocycles. The zero-order valence-corrected chi connectivity index (χ0v) is 11.7. The summed E-state index contributed by atoms with van der Waals surface area (Å²) in [4.78, 5) is 14.0. The van der Waals surface area contributed by atoms with Crippen LogP contribution in [-0.4, -0.2) is 23.9 Å². The van der Waals surface area contributed by atoms with Gasteiger partial charge in [-0.1, -0.05) is 46.0 Å². The lowest BCUT2D eigenvalue weighted by molar-refractivity contribution is -0.133. The Morgan fingerprint density at radius 3 is 2.59 bits per heavy atom. The minimum Gasteiger partial charge on any atom is -0.342 e. The first-order valence-corrected chi connectivity index (χ1v) is 7.51. The van der Waals surface area contributed by atoms with Crippen molar-refractivity contribution in [2.75, 3.05) is 13.1 Å². The molecule has 0 bridgehead atoms. The second-order valence-electron chi connectivity index (χ2n) is 5.60. The van der Waals surface area contributed by atoms with Crippen molar-refractivity contribution in [3.05, 3.63) is 0 Å². The maximum atomic E-state index is 12.0. The molecule has 0 aliphatic carbocycles. The average molecular weight is 239 g/mol. The standard InChI is InChI=1S/C15H29NO/c1-3-4-5-6-7-8-11-15(17)16-12-9-10-14(2)13-16/h14H,3-13H2,1-2H3. The van der Waals surface area contributed by atoms with Crippen molar-refractivity contribution in [3.63, 3.8) is 0 Å². The summed E-state index contributed by atoms with van der Waals surface area (Å²) in [5.74, 6) is 1.10. The molecule has 17 heavy (non-hydrogen) atoms. The smallest absolute Gasteiger partial charge is 0.222 e. The molecule has 0 aromatic heterocycles. The lowest BCUT2D eigenvalue weighted by atomic mass is 9.99. The molecular formula is C15H29NO. The maximum Gasteiger partial charge on any atom is 0.222 e. The number of unbranched alkanes of at least 4 members (excludes halogenated alkanes) is 5. The van der Waals surface area contributed by atoms with E-state index >= 15 is 0 Å². The predicted octanol–water partition coefficient (Wildman–Crippen LogP) is 4.00. The molecule has 0 N–H and O–H groups in total. The SMILES string of the molecule is CCCCCCCCC(=O)N1CCCC(C)C1. The van der Waals surface area contributed by atoms with Crippen LogP contribution in [0.5, 0.6) is 0 Å². The van der Waals surface area contributed by atoms with Gasteiger partial charge in [0.1, 0.15) is 0 Å². The minimum atomic E-state index is 0.395. The zero-order valence-electron chi connectivity index (χ0n) is 11.7. The normalized spacial score (nSPS) is 20.6. The van der Waals surface area contributed by atoms with Crippen molar-refractivity contribution in [3.8, 4) is 0 Å². The van der Waals surface area contributed by atoms with E-state index in [1.54, 1.807) is 0 Å². The first-order valence-electron chi connectivity index (χ1n) is 7.51. The van der Waals surface area contributed by atoms with E-state index in [1.165, 1.54) is 44.9 Å². The van der Waals surface area contributed by atoms with Crippen molar-refractivity contribution in [1.82, 2.24) is 4.90 Å². The van der Waals surface area contributed by atoms with Crippen LogP contribution in [0, 0.1) is 5.92 Å². The average Bonchev–Trinajstić information content (AvgIpc) is 2.33. The lowest BCUT2D eigenvalue weighted by Gasteiger charge is -2.31. The van der Waals surface area contributed by atoms with Crippen LogP contribution in [0.1, 0.15) is 71.6 Å². The van der Waals surface area contributed by atoms with Crippen LogP contribution in [0.4, 0.5) is 0 Å². The molecule has 0 aromatic rings. The second kappa shape index (κ2) is 8.54. The van der Waals surface area contributed by atoms with E-state index in [4.69, 9.17) is 0 Å². The summed E-state index contributed by atoms with van der Waals surface area (Å²) in [5, 5.41) is 0. The molecule has 1 heterocycles. The fourth-order valence-corrected chi connectivity index (χ4v) is 2.63. The number of carbonyl (C=O) groups excluding carboxylic acids is 1. The molecule has 1 rings (SSSR count). The Morgan fingerprint density at radius 2 is 1.88 bits per heavy atom. The number of amides is 1. The van der Waals surface area contributed by atoms with E-state index in [0.29, 0.717) is 11.8 Å². The van der Waals surface area contributed by atoms with Crippen molar-refractivity contribution >= 4 is 5.91 Å². The number of hydrogen-bond acceptors (Lipinski definition) is 1. The van der Waals surface area contributed by atoms with Crippen LogP contribution in [0.2, 0.25) is 0 Å². The lowest BCUT2D eigenvalue weighted by Crippen LogP contribution is -2.38. The van der Waals surface area contributed by atoms with Crippen molar-refractivity contribution < 1.29 is 4.79 Å². The first-order chi connectivity index (χ1) is 8.24. The highest BCUT2D eigenvalue weighted by Gasteiger charge is 2.19. The maximum absolute atomic E-state index is 12.0. The summed E-state index contributed by atoms with van der Waals surface area (Å²) in [6.45, 7) is 6.49. The number of nitrogens with zero attached hydrogens (tertiary/aromatic N) is 1. The fourth-order valence-electron chi connectivity index (χ4n) is 2.63. The largest absolute Gasteiger partial charge is 0.342 e. The van der Waals surface area contributed by atoms with Gasteiger partial charge in [-0.3, -0.25) is 4.79 Å². The van der Waals surface area contributed by atoms with Gasteiger partial charge >= 0.3 is 0 Å². The second-order valence-corrected chi connectivity index (χ2v) is 5.60. The van der Waals surface area contributed by atoms with E-state index in [0.717, 1.165) is 25.9 Å². The molecular weight excluding hydrogens is 210 g/mol. The van der Waals surface area contributed by atoms with Gasteiger partial charge in [0.2, 0.25) is 5.91 Å². The van der Waals surface area contributed by atoms with Gasteiger partial charge < -0.3 is 4.90 Å². The molecule has 2 heteroatoms. The van der Waals surface area contributed by atoms with Crippen LogP contribution in [-0.2, 0) is 4.79 Å². The molecule has 1 fully saturated rings. The topological polar surface area (TPSA) is 20.3 Å². The fraction of sp³-hybridized carbons (Fsp3) is 0.933. The summed E-state index contributed by atoms with van der Waals surface area (Å²) in [6.07, 6.45) is 10.9. The van der Waals surface area contributed by atoms with Gasteiger partial charge in [-0.15, -0.1) is 0 Å². The highest BCUT2D eigenvalue weighted by molar-refractivity contribution is 5.76. The Bertz CT molecular complexity index is 215. The molecule has 1 amide bonds. The highest BCUT2D eigenvalue weighted by atomic mass is 16.2. The van der Waals surface area contributed by atoms with Crippen LogP contribution >= 0.6 is 0 Å². The van der Waals surface area contributed by atoms with Crippen LogP contribution in [0.25, 0.3) is 0 Å². The molecule has 1 atom stereocenters. The summed E-state index contributed by atoms with van der Waals surface area (Å²) in [5.41, 5.74) is 0. The van der Waals surface area contributed by atoms with Gasteiger partial charge in [-0.05, 0) is 25.2 Å². The van der Waals surface area contributed by atoms with Gasteiger partial charge in [0.05, 0.1) is 0 Å². The Labute approximate surface area is 107 Å². The third-order valence-electron chi connectivity index (χ3n) is 3.75. The van der Waals surface area contributed by atoms with Gasteiger partial charge in [-0.2, -0.15) is 0 Å². The van der Waals surface area contributed by atoms with Gasteiger partial charge in [0, 0.05) is 19.5 Å². The Hall–Kier alpha value is -0.530. The Kier molecular flexibility index (Phi) is 7.30. The molecule has 2 nitrogen and oxygen atoms in total. The molecule has 1 aliphatic heterocycles. The van der Waals surface area contributed by atoms with Crippen molar-refractivity contribution in [2.24, 2.45) is 5.92 Å². The number of piperidine rings is 1. The van der Waals surface area contributed by atoms with E-state index in [2.05, 4.69) is 18.7 Å². The monoisotopic (exact) mass is 239 g/mol. The van der Waals surface area contributed by atoms with Gasteiger partial charge in [-0.25, -0.2) is 0 Å². The third-order valence-corrected chi connectivity index (χ3v) is 3.75. The minimum absolute atomic E-state index is 0.395. The van der Waals surface area contributed by atoms with Crippen molar-refractivity contribution in [2.45, 2.75) is 71.6 Å². The highest BCUT2D eigenvalue weighted by Crippen LogP contribution is 2.17. The Morgan fingerprint density at radius 1 is 1.18 bits per heavy atom. The van der Waals surface area contributed by atoms with E-state index in [-0.39, 0.29) is 0 Å². The molecule has 1 aliphatic rings. The quantitative estimate of drug-likeness (QED) is 0.615. The first kappa shape index (κ1) is 14.5. The van der Waals surface area contributed by atoms with Crippen LogP contribution in [0.3, 0.4) is 0 Å². The number of hydrogen-bond donors (Lipinski definition) is 0. The predicted molar refractivity (Wildman–Crippen MR) is 73.0 cm³/mol. The Balaban J connectivity index is 2.04. The van der Waals surface area contributed by atoms with Gasteiger partial charge in [0.25, 0.3) is 0 Å². The number of rotatable bonds is 7. The molecule has 0 spiro atoms. The zero-order chi connectivity index (χ0) is 12.5. The van der Waals surface area contributed by atoms with E-state index in [9.17, 15) is 4.79 Å². The van der Waals surface area contributed by atoms with Crippen LogP contribution < -0.4 is 0 Å². The third kappa shape index (κ3) is 6.09. The number of likely N-dealkylation sites (tertiary alicyclic amines) is 1. The molecule has 100 valence electrons. The molecule has 0 saturated carbocycles. The molecule has 0 radical (unpaired) electrons. The van der Waals surface area contributed by atoms with Crippen LogP contribution in [0.15, 0.2) is 0 Å².